The van der Waals surface area contributed by atoms with E-state index in [1.807, 2.05) is 12.1 Å². The van der Waals surface area contributed by atoms with E-state index in [-0.39, 0.29) is 29.7 Å². The molecule has 1 aliphatic heterocycles. The highest BCUT2D eigenvalue weighted by atomic mass is 35.5. The van der Waals surface area contributed by atoms with Crippen LogP contribution < -0.4 is 5.73 Å². The van der Waals surface area contributed by atoms with E-state index in [0.717, 1.165) is 25.1 Å². The summed E-state index contributed by atoms with van der Waals surface area (Å²) in [6, 6.07) is 7.17. The molecule has 0 aliphatic carbocycles. The highest BCUT2D eigenvalue weighted by Gasteiger charge is 2.35. The van der Waals surface area contributed by atoms with Crippen LogP contribution in [0.3, 0.4) is 0 Å². The summed E-state index contributed by atoms with van der Waals surface area (Å²) in [7, 11) is 0. The van der Waals surface area contributed by atoms with Crippen molar-refractivity contribution in [2.24, 2.45) is 11.1 Å². The van der Waals surface area contributed by atoms with E-state index in [9.17, 15) is 4.39 Å². The monoisotopic (exact) mass is 272 g/mol. The van der Waals surface area contributed by atoms with Crippen LogP contribution in [-0.2, 0) is 0 Å². The fraction of sp³-hybridized carbons (Fsp3) is 0.571. The summed E-state index contributed by atoms with van der Waals surface area (Å²) in [6.45, 7) is 6.94. The average molecular weight is 273 g/mol. The molecule has 2 atom stereocenters. The van der Waals surface area contributed by atoms with Crippen LogP contribution in [0.15, 0.2) is 24.3 Å². The number of nitrogens with two attached hydrogens (primary N) is 1. The van der Waals surface area contributed by atoms with E-state index in [2.05, 4.69) is 18.7 Å². The van der Waals surface area contributed by atoms with Crippen molar-refractivity contribution in [3.05, 3.63) is 35.6 Å². The normalized spacial score (nSPS) is 25.8. The summed E-state index contributed by atoms with van der Waals surface area (Å²) in [6.07, 6.45) is 1.10. The van der Waals surface area contributed by atoms with Crippen molar-refractivity contribution in [3.63, 3.8) is 0 Å². The van der Waals surface area contributed by atoms with Crippen LogP contribution in [0.5, 0.6) is 0 Å². The molecule has 2 N–H and O–H groups in total. The Kier molecular flexibility index (Phi) is 5.14. The van der Waals surface area contributed by atoms with Gasteiger partial charge in [-0.15, -0.1) is 12.4 Å². The standard InChI is InChI=1S/C14H21FN2.ClH/c1-11(12-5-3-4-6-13(12)15)17-8-7-14(2,9-16)10-17;/h3-6,11H,7-10,16H2,1-2H3;1H. The van der Waals surface area contributed by atoms with Gasteiger partial charge in [-0.1, -0.05) is 25.1 Å². The van der Waals surface area contributed by atoms with Gasteiger partial charge in [0.1, 0.15) is 5.82 Å². The van der Waals surface area contributed by atoms with Crippen molar-refractivity contribution in [1.29, 1.82) is 0 Å². The van der Waals surface area contributed by atoms with Gasteiger partial charge in [-0.25, -0.2) is 4.39 Å². The molecule has 18 heavy (non-hydrogen) atoms. The van der Waals surface area contributed by atoms with Crippen molar-refractivity contribution in [1.82, 2.24) is 4.90 Å². The van der Waals surface area contributed by atoms with Gasteiger partial charge in [0.05, 0.1) is 0 Å². The zero-order chi connectivity index (χ0) is 12.5. The van der Waals surface area contributed by atoms with E-state index in [0.29, 0.717) is 6.54 Å². The first-order chi connectivity index (χ1) is 8.06. The van der Waals surface area contributed by atoms with Crippen molar-refractivity contribution in [3.8, 4) is 0 Å². The van der Waals surface area contributed by atoms with E-state index < -0.39 is 0 Å². The summed E-state index contributed by atoms with van der Waals surface area (Å²) >= 11 is 0. The maximum Gasteiger partial charge on any atom is 0.127 e. The zero-order valence-electron chi connectivity index (χ0n) is 11.0. The van der Waals surface area contributed by atoms with Crippen LogP contribution in [0.25, 0.3) is 0 Å². The van der Waals surface area contributed by atoms with Crippen LogP contribution in [0.4, 0.5) is 4.39 Å². The molecule has 0 spiro atoms. The van der Waals surface area contributed by atoms with E-state index in [1.54, 1.807) is 6.07 Å². The predicted octanol–water partition coefficient (Wildman–Crippen LogP) is 2.98. The summed E-state index contributed by atoms with van der Waals surface area (Å²) in [5.41, 5.74) is 6.78. The number of nitrogens with zero attached hydrogens (tertiary/aromatic N) is 1. The van der Waals surface area contributed by atoms with Gasteiger partial charge < -0.3 is 5.73 Å². The Bertz CT molecular complexity index is 399. The molecule has 0 saturated carbocycles. The number of hydrogen-bond acceptors (Lipinski definition) is 2. The lowest BCUT2D eigenvalue weighted by Gasteiger charge is -2.27. The van der Waals surface area contributed by atoms with Gasteiger partial charge in [0.15, 0.2) is 0 Å². The molecule has 2 nitrogen and oxygen atoms in total. The second-order valence-electron chi connectivity index (χ2n) is 5.43. The van der Waals surface area contributed by atoms with E-state index in [4.69, 9.17) is 5.73 Å². The molecular weight excluding hydrogens is 251 g/mol. The first kappa shape index (κ1) is 15.4. The Labute approximate surface area is 115 Å². The third kappa shape index (κ3) is 3.02. The molecule has 1 heterocycles. The van der Waals surface area contributed by atoms with Crippen molar-refractivity contribution >= 4 is 12.4 Å². The molecule has 2 rings (SSSR count). The molecule has 1 aliphatic rings. The number of rotatable bonds is 3. The zero-order valence-corrected chi connectivity index (χ0v) is 11.8. The number of likely N-dealkylation sites (tertiary alicyclic amines) is 1. The highest BCUT2D eigenvalue weighted by Crippen LogP contribution is 2.34. The summed E-state index contributed by atoms with van der Waals surface area (Å²) < 4.78 is 13.7. The van der Waals surface area contributed by atoms with Crippen LogP contribution in [-0.4, -0.2) is 24.5 Å². The maximum atomic E-state index is 13.7. The van der Waals surface area contributed by atoms with E-state index in [1.165, 1.54) is 6.07 Å². The smallest absolute Gasteiger partial charge is 0.127 e. The summed E-state index contributed by atoms with van der Waals surface area (Å²) in [5, 5.41) is 0. The highest BCUT2D eigenvalue weighted by molar-refractivity contribution is 5.85. The van der Waals surface area contributed by atoms with Gasteiger partial charge in [-0.05, 0) is 37.9 Å². The molecule has 0 amide bonds. The van der Waals surface area contributed by atoms with Gasteiger partial charge >= 0.3 is 0 Å². The Morgan fingerprint density at radius 3 is 2.67 bits per heavy atom. The molecular formula is C14H22ClFN2. The molecule has 1 saturated heterocycles. The second-order valence-corrected chi connectivity index (χ2v) is 5.43. The van der Waals surface area contributed by atoms with Crippen LogP contribution >= 0.6 is 12.4 Å². The maximum absolute atomic E-state index is 13.7. The minimum Gasteiger partial charge on any atom is -0.330 e. The van der Waals surface area contributed by atoms with E-state index >= 15 is 0 Å². The quantitative estimate of drug-likeness (QED) is 0.917. The van der Waals surface area contributed by atoms with Gasteiger partial charge in [0, 0.05) is 18.2 Å². The first-order valence-electron chi connectivity index (χ1n) is 6.24. The predicted molar refractivity (Wildman–Crippen MR) is 75.4 cm³/mol. The summed E-state index contributed by atoms with van der Waals surface area (Å²) in [4.78, 5) is 2.32. The Morgan fingerprint density at radius 1 is 1.44 bits per heavy atom. The topological polar surface area (TPSA) is 29.3 Å². The number of halogens is 2. The van der Waals surface area contributed by atoms with Gasteiger partial charge in [-0.3, -0.25) is 4.90 Å². The number of benzene rings is 1. The molecule has 1 fully saturated rings. The largest absolute Gasteiger partial charge is 0.330 e. The van der Waals surface area contributed by atoms with Gasteiger partial charge in [0.2, 0.25) is 0 Å². The third-order valence-corrected chi connectivity index (χ3v) is 3.98. The second kappa shape index (κ2) is 6.00. The Hall–Kier alpha value is -0.640. The fourth-order valence-electron chi connectivity index (χ4n) is 2.57. The minimum absolute atomic E-state index is 0. The molecule has 102 valence electrons. The molecule has 4 heteroatoms. The lowest BCUT2D eigenvalue weighted by Crippen LogP contribution is -2.32. The van der Waals surface area contributed by atoms with Crippen molar-refractivity contribution in [2.45, 2.75) is 26.3 Å². The van der Waals surface area contributed by atoms with Gasteiger partial charge in [0.25, 0.3) is 0 Å². The minimum atomic E-state index is -0.110. The van der Waals surface area contributed by atoms with Gasteiger partial charge in [-0.2, -0.15) is 0 Å². The Balaban J connectivity index is 0.00000162. The third-order valence-electron chi connectivity index (χ3n) is 3.98. The lowest BCUT2D eigenvalue weighted by atomic mass is 9.90. The molecule has 2 unspecified atom stereocenters. The lowest BCUT2D eigenvalue weighted by molar-refractivity contribution is 0.223. The molecule has 0 bridgehead atoms. The SMILES string of the molecule is CC(c1ccccc1F)N1CCC(C)(CN)C1.Cl. The first-order valence-corrected chi connectivity index (χ1v) is 6.24. The molecule has 1 aromatic carbocycles. The Morgan fingerprint density at radius 2 is 2.11 bits per heavy atom. The number of hydrogen-bond donors (Lipinski definition) is 1. The van der Waals surface area contributed by atoms with Crippen molar-refractivity contribution in [2.75, 3.05) is 19.6 Å². The molecule has 0 radical (unpaired) electrons. The average Bonchev–Trinajstić information content (AvgIpc) is 2.73. The van der Waals surface area contributed by atoms with Crippen LogP contribution in [0.1, 0.15) is 31.9 Å². The van der Waals surface area contributed by atoms with Crippen molar-refractivity contribution < 1.29 is 4.39 Å². The van der Waals surface area contributed by atoms with Crippen LogP contribution in [0.2, 0.25) is 0 Å². The molecule has 1 aromatic rings. The fourth-order valence-corrected chi connectivity index (χ4v) is 2.57. The summed E-state index contributed by atoms with van der Waals surface area (Å²) in [5.74, 6) is -0.110. The molecule has 0 aromatic heterocycles. The van der Waals surface area contributed by atoms with Crippen LogP contribution in [0, 0.1) is 11.2 Å².